The van der Waals surface area contributed by atoms with Crippen molar-refractivity contribution in [3.63, 3.8) is 0 Å². The van der Waals surface area contributed by atoms with Crippen LogP contribution in [0.3, 0.4) is 0 Å². The maximum absolute atomic E-state index is 12.3. The fourth-order valence-corrected chi connectivity index (χ4v) is 2.43. The molecule has 4 nitrogen and oxygen atoms in total. The van der Waals surface area contributed by atoms with Crippen molar-refractivity contribution in [3.05, 3.63) is 0 Å². The van der Waals surface area contributed by atoms with E-state index in [-0.39, 0.29) is 18.6 Å². The normalized spacial score (nSPS) is 18.5. The molecule has 0 bridgehead atoms. The lowest BCUT2D eigenvalue weighted by Crippen LogP contribution is -2.49. The van der Waals surface area contributed by atoms with Gasteiger partial charge in [0.1, 0.15) is 0 Å². The molecule has 0 saturated carbocycles. The Morgan fingerprint density at radius 2 is 2.00 bits per heavy atom. The summed E-state index contributed by atoms with van der Waals surface area (Å²) in [5, 5.41) is 8.86. The van der Waals surface area contributed by atoms with Crippen LogP contribution >= 0.6 is 0 Å². The SMILES string of the molecule is CCN(CCCO)C(C)C(=O)N1CCCCC1. The highest BCUT2D eigenvalue weighted by molar-refractivity contribution is 5.81. The van der Waals surface area contributed by atoms with E-state index in [9.17, 15) is 4.79 Å². The largest absolute Gasteiger partial charge is 0.396 e. The zero-order chi connectivity index (χ0) is 12.7. The summed E-state index contributed by atoms with van der Waals surface area (Å²) in [6, 6.07) is -0.0513. The number of carbonyl (C=O) groups is 1. The molecule has 1 rings (SSSR count). The maximum Gasteiger partial charge on any atom is 0.239 e. The number of aliphatic hydroxyl groups excluding tert-OH is 1. The highest BCUT2D eigenvalue weighted by atomic mass is 16.3. The van der Waals surface area contributed by atoms with Gasteiger partial charge in [-0.1, -0.05) is 6.92 Å². The summed E-state index contributed by atoms with van der Waals surface area (Å²) < 4.78 is 0. The third-order valence-corrected chi connectivity index (χ3v) is 3.58. The van der Waals surface area contributed by atoms with Crippen molar-refractivity contribution >= 4 is 5.91 Å². The quantitative estimate of drug-likeness (QED) is 0.758. The summed E-state index contributed by atoms with van der Waals surface area (Å²) in [6.07, 6.45) is 4.27. The molecule has 1 aliphatic rings. The highest BCUT2D eigenvalue weighted by Gasteiger charge is 2.25. The summed E-state index contributed by atoms with van der Waals surface area (Å²) in [5.41, 5.74) is 0. The molecule has 4 heteroatoms. The van der Waals surface area contributed by atoms with E-state index in [0.717, 1.165) is 45.4 Å². The molecule has 1 atom stereocenters. The second kappa shape index (κ2) is 7.67. The van der Waals surface area contributed by atoms with Crippen molar-refractivity contribution < 1.29 is 9.90 Å². The van der Waals surface area contributed by atoms with Crippen molar-refractivity contribution in [1.82, 2.24) is 9.80 Å². The van der Waals surface area contributed by atoms with E-state index in [1.807, 2.05) is 11.8 Å². The molecule has 17 heavy (non-hydrogen) atoms. The van der Waals surface area contributed by atoms with Crippen molar-refractivity contribution in [2.75, 3.05) is 32.8 Å². The van der Waals surface area contributed by atoms with E-state index < -0.39 is 0 Å². The Kier molecular flexibility index (Phi) is 6.52. The standard InChI is InChI=1S/C13H26N2O2/c1-3-14(10-7-11-16)12(2)13(17)15-8-5-4-6-9-15/h12,16H,3-11H2,1-2H3. The van der Waals surface area contributed by atoms with Crippen molar-refractivity contribution in [1.29, 1.82) is 0 Å². The van der Waals surface area contributed by atoms with E-state index in [4.69, 9.17) is 5.11 Å². The third-order valence-electron chi connectivity index (χ3n) is 3.58. The van der Waals surface area contributed by atoms with Crippen molar-refractivity contribution in [2.24, 2.45) is 0 Å². The Bertz CT molecular complexity index is 227. The van der Waals surface area contributed by atoms with E-state index in [1.54, 1.807) is 0 Å². The number of rotatable bonds is 6. The zero-order valence-electron chi connectivity index (χ0n) is 11.2. The van der Waals surface area contributed by atoms with Crippen LogP contribution in [0.4, 0.5) is 0 Å². The van der Waals surface area contributed by atoms with Crippen LogP contribution in [0.15, 0.2) is 0 Å². The Morgan fingerprint density at radius 1 is 1.35 bits per heavy atom. The number of carbonyl (C=O) groups excluding carboxylic acids is 1. The molecule has 1 amide bonds. The third kappa shape index (κ3) is 4.28. The molecule has 0 aromatic carbocycles. The minimum Gasteiger partial charge on any atom is -0.396 e. The first-order chi connectivity index (χ1) is 8.20. The Hall–Kier alpha value is -0.610. The number of amides is 1. The first kappa shape index (κ1) is 14.5. The van der Waals surface area contributed by atoms with Crippen LogP contribution in [0.2, 0.25) is 0 Å². The number of likely N-dealkylation sites (tertiary alicyclic amines) is 1. The van der Waals surface area contributed by atoms with Gasteiger partial charge in [-0.25, -0.2) is 0 Å². The van der Waals surface area contributed by atoms with Gasteiger partial charge in [0.2, 0.25) is 5.91 Å². The molecule has 1 N–H and O–H groups in total. The molecule has 0 spiro atoms. The van der Waals surface area contributed by atoms with E-state index in [2.05, 4.69) is 11.8 Å². The van der Waals surface area contributed by atoms with Crippen LogP contribution in [0.1, 0.15) is 39.5 Å². The molecule has 0 aromatic rings. The van der Waals surface area contributed by atoms with Gasteiger partial charge in [-0.3, -0.25) is 9.69 Å². The topological polar surface area (TPSA) is 43.8 Å². The number of hydrogen-bond donors (Lipinski definition) is 1. The summed E-state index contributed by atoms with van der Waals surface area (Å²) in [6.45, 7) is 7.74. The Morgan fingerprint density at radius 3 is 2.53 bits per heavy atom. The molecule has 100 valence electrons. The van der Waals surface area contributed by atoms with Gasteiger partial charge >= 0.3 is 0 Å². The van der Waals surface area contributed by atoms with Gasteiger partial charge in [-0.05, 0) is 39.2 Å². The van der Waals surface area contributed by atoms with Crippen LogP contribution in [0, 0.1) is 0 Å². The molecule has 1 unspecified atom stereocenters. The number of nitrogens with zero attached hydrogens (tertiary/aromatic N) is 2. The lowest BCUT2D eigenvalue weighted by molar-refractivity contribution is -0.137. The molecular formula is C13H26N2O2. The molecular weight excluding hydrogens is 216 g/mol. The van der Waals surface area contributed by atoms with Crippen LogP contribution < -0.4 is 0 Å². The molecule has 1 aliphatic heterocycles. The predicted octanol–water partition coefficient (Wildman–Crippen LogP) is 1.09. The molecule has 1 heterocycles. The van der Waals surface area contributed by atoms with E-state index in [0.29, 0.717) is 0 Å². The van der Waals surface area contributed by atoms with Gasteiger partial charge in [0.25, 0.3) is 0 Å². The van der Waals surface area contributed by atoms with Gasteiger partial charge in [0.15, 0.2) is 0 Å². The summed E-state index contributed by atoms with van der Waals surface area (Å²) in [4.78, 5) is 16.4. The molecule has 0 aliphatic carbocycles. The van der Waals surface area contributed by atoms with E-state index >= 15 is 0 Å². The molecule has 0 aromatic heterocycles. The minimum atomic E-state index is -0.0513. The van der Waals surface area contributed by atoms with Crippen molar-refractivity contribution in [3.8, 4) is 0 Å². The van der Waals surface area contributed by atoms with Gasteiger partial charge in [-0.15, -0.1) is 0 Å². The van der Waals surface area contributed by atoms with Crippen LogP contribution in [0.5, 0.6) is 0 Å². The number of aliphatic hydroxyl groups is 1. The predicted molar refractivity (Wildman–Crippen MR) is 68.8 cm³/mol. The second-order valence-corrected chi connectivity index (χ2v) is 4.77. The van der Waals surface area contributed by atoms with Gasteiger partial charge in [0.05, 0.1) is 6.04 Å². The number of piperidine rings is 1. The smallest absolute Gasteiger partial charge is 0.239 e. The average molecular weight is 242 g/mol. The maximum atomic E-state index is 12.3. The first-order valence-electron chi connectivity index (χ1n) is 6.84. The first-order valence-corrected chi connectivity index (χ1v) is 6.84. The van der Waals surface area contributed by atoms with Crippen molar-refractivity contribution in [2.45, 2.75) is 45.6 Å². The highest BCUT2D eigenvalue weighted by Crippen LogP contribution is 2.12. The van der Waals surface area contributed by atoms with Crippen LogP contribution in [-0.2, 0) is 4.79 Å². The van der Waals surface area contributed by atoms with Gasteiger partial charge in [-0.2, -0.15) is 0 Å². The van der Waals surface area contributed by atoms with E-state index in [1.165, 1.54) is 6.42 Å². The van der Waals surface area contributed by atoms with Crippen LogP contribution in [0.25, 0.3) is 0 Å². The number of likely N-dealkylation sites (N-methyl/N-ethyl adjacent to an activating group) is 1. The summed E-state index contributed by atoms with van der Waals surface area (Å²) >= 11 is 0. The lowest BCUT2D eigenvalue weighted by Gasteiger charge is -2.34. The molecule has 1 fully saturated rings. The minimum absolute atomic E-state index is 0.0513. The zero-order valence-corrected chi connectivity index (χ0v) is 11.2. The molecule has 1 saturated heterocycles. The monoisotopic (exact) mass is 242 g/mol. The summed E-state index contributed by atoms with van der Waals surface area (Å²) in [5.74, 6) is 0.254. The molecule has 0 radical (unpaired) electrons. The lowest BCUT2D eigenvalue weighted by atomic mass is 10.1. The van der Waals surface area contributed by atoms with Gasteiger partial charge < -0.3 is 10.0 Å². The fraction of sp³-hybridized carbons (Fsp3) is 0.923. The Balaban J connectivity index is 2.47. The Labute approximate surface area is 105 Å². The van der Waals surface area contributed by atoms with Crippen LogP contribution in [-0.4, -0.2) is 59.6 Å². The summed E-state index contributed by atoms with van der Waals surface area (Å²) in [7, 11) is 0. The average Bonchev–Trinajstić information content (AvgIpc) is 2.39. The second-order valence-electron chi connectivity index (χ2n) is 4.77. The fourth-order valence-electron chi connectivity index (χ4n) is 2.43. The number of hydrogen-bond acceptors (Lipinski definition) is 3. The van der Waals surface area contributed by atoms with Gasteiger partial charge in [0, 0.05) is 26.2 Å².